The van der Waals surface area contributed by atoms with Crippen LogP contribution in [0.1, 0.15) is 28.8 Å². The van der Waals surface area contributed by atoms with Crippen molar-refractivity contribution in [2.45, 2.75) is 19.0 Å². The normalized spacial score (nSPS) is 13.4. The SMILES string of the molecule is FC(F)(F)c1cccc(-c2ncon2)c1.O=C(NCCO)c1ccc(N2CCCC2)cc1. The van der Waals surface area contributed by atoms with Gasteiger partial charge < -0.3 is 19.8 Å². The number of nitrogens with zero attached hydrogens (tertiary/aromatic N) is 3. The molecule has 2 aromatic carbocycles. The number of amides is 1. The van der Waals surface area contributed by atoms with Gasteiger partial charge in [-0.3, -0.25) is 4.79 Å². The molecule has 0 bridgehead atoms. The van der Waals surface area contributed by atoms with E-state index < -0.39 is 11.7 Å². The van der Waals surface area contributed by atoms with E-state index in [1.807, 2.05) is 24.3 Å². The topological polar surface area (TPSA) is 91.5 Å². The molecule has 0 unspecified atom stereocenters. The Bertz CT molecular complexity index is 986. The highest BCUT2D eigenvalue weighted by Crippen LogP contribution is 2.31. The third kappa shape index (κ3) is 6.30. The molecule has 0 radical (unpaired) electrons. The number of aliphatic hydroxyl groups excluding tert-OH is 1. The lowest BCUT2D eigenvalue weighted by Gasteiger charge is -2.17. The fraction of sp³-hybridized carbons (Fsp3) is 0.318. The highest BCUT2D eigenvalue weighted by molar-refractivity contribution is 5.94. The van der Waals surface area contributed by atoms with Gasteiger partial charge in [-0.15, -0.1) is 0 Å². The van der Waals surface area contributed by atoms with Crippen molar-refractivity contribution in [2.24, 2.45) is 0 Å². The maximum atomic E-state index is 12.3. The van der Waals surface area contributed by atoms with E-state index in [1.165, 1.54) is 30.7 Å². The monoisotopic (exact) mass is 448 g/mol. The number of hydrogen-bond acceptors (Lipinski definition) is 6. The smallest absolute Gasteiger partial charge is 0.395 e. The molecule has 1 saturated heterocycles. The van der Waals surface area contributed by atoms with Crippen molar-refractivity contribution in [3.05, 3.63) is 66.1 Å². The van der Waals surface area contributed by atoms with E-state index in [9.17, 15) is 18.0 Å². The second kappa shape index (κ2) is 10.8. The van der Waals surface area contributed by atoms with Gasteiger partial charge in [0.05, 0.1) is 12.2 Å². The summed E-state index contributed by atoms with van der Waals surface area (Å²) in [5.74, 6) is 0.00752. The predicted octanol–water partition coefficient (Wildman–Crippen LogP) is 3.76. The molecule has 1 aromatic heterocycles. The Balaban J connectivity index is 0.000000182. The molecule has 1 fully saturated rings. The van der Waals surface area contributed by atoms with Gasteiger partial charge in [0.25, 0.3) is 5.91 Å². The number of aliphatic hydroxyl groups is 1. The number of carbonyl (C=O) groups is 1. The quantitative estimate of drug-likeness (QED) is 0.618. The number of anilines is 1. The van der Waals surface area contributed by atoms with E-state index in [1.54, 1.807) is 0 Å². The molecule has 3 aromatic rings. The van der Waals surface area contributed by atoms with E-state index in [0.717, 1.165) is 31.6 Å². The predicted molar refractivity (Wildman–Crippen MR) is 112 cm³/mol. The molecule has 0 aliphatic carbocycles. The number of benzene rings is 2. The lowest BCUT2D eigenvalue weighted by atomic mass is 10.1. The van der Waals surface area contributed by atoms with Gasteiger partial charge in [0.1, 0.15) is 0 Å². The first-order chi connectivity index (χ1) is 15.4. The average molecular weight is 448 g/mol. The standard InChI is InChI=1S/C13H18N2O2.C9H5F3N2O/c16-10-7-14-13(17)11-3-5-12(6-4-11)15-8-1-2-9-15;10-9(11,12)7-3-1-2-6(4-7)8-13-5-15-14-8/h3-6,16H,1-2,7-10H2,(H,14,17);1-5H. The van der Waals surface area contributed by atoms with E-state index in [4.69, 9.17) is 5.11 Å². The average Bonchev–Trinajstić information content (AvgIpc) is 3.52. The molecule has 1 aliphatic heterocycles. The van der Waals surface area contributed by atoms with Crippen molar-refractivity contribution >= 4 is 11.6 Å². The summed E-state index contributed by atoms with van der Waals surface area (Å²) in [6.45, 7) is 2.48. The van der Waals surface area contributed by atoms with Crippen LogP contribution in [0.3, 0.4) is 0 Å². The summed E-state index contributed by atoms with van der Waals surface area (Å²) in [4.78, 5) is 17.6. The molecule has 1 amide bonds. The van der Waals surface area contributed by atoms with Gasteiger partial charge in [0.2, 0.25) is 12.2 Å². The first-order valence-electron chi connectivity index (χ1n) is 10.1. The summed E-state index contributed by atoms with van der Waals surface area (Å²) in [6.07, 6.45) is -0.799. The minimum absolute atomic E-state index is 0.0302. The third-order valence-electron chi connectivity index (χ3n) is 4.81. The molecule has 7 nitrogen and oxygen atoms in total. The fourth-order valence-corrected chi connectivity index (χ4v) is 3.20. The van der Waals surface area contributed by atoms with E-state index in [2.05, 4.69) is 24.9 Å². The summed E-state index contributed by atoms with van der Waals surface area (Å²) < 4.78 is 41.5. The van der Waals surface area contributed by atoms with Gasteiger partial charge in [0, 0.05) is 36.4 Å². The van der Waals surface area contributed by atoms with Crippen molar-refractivity contribution in [1.82, 2.24) is 15.5 Å². The van der Waals surface area contributed by atoms with Gasteiger partial charge in [-0.05, 0) is 49.2 Å². The Morgan fingerprint density at radius 2 is 1.84 bits per heavy atom. The Labute approximate surface area is 182 Å². The van der Waals surface area contributed by atoms with E-state index >= 15 is 0 Å². The molecule has 2 N–H and O–H groups in total. The Kier molecular flexibility index (Phi) is 7.82. The molecule has 32 heavy (non-hydrogen) atoms. The maximum Gasteiger partial charge on any atom is 0.416 e. The number of nitrogens with one attached hydrogen (secondary N) is 1. The first kappa shape index (κ1) is 23.3. The zero-order chi connectivity index (χ0) is 23.0. The molecule has 2 heterocycles. The molecule has 1 aliphatic rings. The minimum Gasteiger partial charge on any atom is -0.395 e. The number of hydrogen-bond donors (Lipinski definition) is 2. The minimum atomic E-state index is -4.36. The number of aromatic nitrogens is 2. The van der Waals surface area contributed by atoms with Gasteiger partial charge in [0.15, 0.2) is 0 Å². The van der Waals surface area contributed by atoms with Crippen LogP contribution >= 0.6 is 0 Å². The Morgan fingerprint density at radius 1 is 1.12 bits per heavy atom. The van der Waals surface area contributed by atoms with Gasteiger partial charge >= 0.3 is 6.18 Å². The highest BCUT2D eigenvalue weighted by atomic mass is 19.4. The summed E-state index contributed by atoms with van der Waals surface area (Å²) in [5, 5.41) is 14.7. The molecule has 0 atom stereocenters. The van der Waals surface area contributed by atoms with Crippen molar-refractivity contribution in [3.8, 4) is 11.4 Å². The fourth-order valence-electron chi connectivity index (χ4n) is 3.20. The van der Waals surface area contributed by atoms with Crippen LogP contribution in [0.4, 0.5) is 18.9 Å². The van der Waals surface area contributed by atoms with Crippen LogP contribution in [0.15, 0.2) is 59.4 Å². The summed E-state index contributed by atoms with van der Waals surface area (Å²) in [6, 6.07) is 12.4. The first-order valence-corrected chi connectivity index (χ1v) is 10.1. The summed E-state index contributed by atoms with van der Waals surface area (Å²) in [7, 11) is 0. The second-order valence-corrected chi connectivity index (χ2v) is 7.05. The van der Waals surface area contributed by atoms with Gasteiger partial charge in [-0.25, -0.2) is 0 Å². The maximum absolute atomic E-state index is 12.3. The molecule has 0 spiro atoms. The molecule has 10 heteroatoms. The van der Waals surface area contributed by atoms with Crippen LogP contribution in [0.5, 0.6) is 0 Å². The molecule has 4 rings (SSSR count). The van der Waals surface area contributed by atoms with Crippen LogP contribution in [0.2, 0.25) is 0 Å². The second-order valence-electron chi connectivity index (χ2n) is 7.05. The lowest BCUT2D eigenvalue weighted by molar-refractivity contribution is -0.137. The van der Waals surface area contributed by atoms with Crippen LogP contribution in [0, 0.1) is 0 Å². The zero-order valence-corrected chi connectivity index (χ0v) is 17.2. The van der Waals surface area contributed by atoms with Crippen LogP contribution in [0.25, 0.3) is 11.4 Å². The van der Waals surface area contributed by atoms with Crippen molar-refractivity contribution in [3.63, 3.8) is 0 Å². The number of carbonyl (C=O) groups excluding carboxylic acids is 1. The molecular weight excluding hydrogens is 425 g/mol. The van der Waals surface area contributed by atoms with E-state index in [0.29, 0.717) is 12.1 Å². The third-order valence-corrected chi connectivity index (χ3v) is 4.81. The molecular formula is C22H23F3N4O3. The van der Waals surface area contributed by atoms with Gasteiger partial charge in [-0.1, -0.05) is 17.3 Å². The van der Waals surface area contributed by atoms with Crippen molar-refractivity contribution < 1.29 is 27.6 Å². The number of alkyl halides is 3. The van der Waals surface area contributed by atoms with Gasteiger partial charge in [-0.2, -0.15) is 18.2 Å². The van der Waals surface area contributed by atoms with Crippen LogP contribution in [-0.2, 0) is 6.18 Å². The van der Waals surface area contributed by atoms with Crippen molar-refractivity contribution in [1.29, 1.82) is 0 Å². The molecule has 170 valence electrons. The Morgan fingerprint density at radius 3 is 2.44 bits per heavy atom. The largest absolute Gasteiger partial charge is 0.416 e. The number of halogens is 3. The molecule has 0 saturated carbocycles. The van der Waals surface area contributed by atoms with Crippen LogP contribution < -0.4 is 10.2 Å². The lowest BCUT2D eigenvalue weighted by Crippen LogP contribution is -2.26. The Hall–Kier alpha value is -3.40. The number of rotatable bonds is 5. The highest BCUT2D eigenvalue weighted by Gasteiger charge is 2.30. The van der Waals surface area contributed by atoms with E-state index in [-0.39, 0.29) is 23.9 Å². The summed E-state index contributed by atoms with van der Waals surface area (Å²) in [5.41, 5.74) is 1.37. The van der Waals surface area contributed by atoms with Crippen LogP contribution in [-0.4, -0.2) is 47.4 Å². The zero-order valence-electron chi connectivity index (χ0n) is 17.2. The van der Waals surface area contributed by atoms with Crippen molar-refractivity contribution in [2.75, 3.05) is 31.1 Å². The summed E-state index contributed by atoms with van der Waals surface area (Å²) >= 11 is 0.